The summed E-state index contributed by atoms with van der Waals surface area (Å²) in [5.74, 6) is -0.0749. The largest absolute Gasteiger partial charge is 0.379 e. The van der Waals surface area contributed by atoms with Crippen molar-refractivity contribution >= 4 is 5.91 Å². The SMILES string of the molecule is O=C(N[C@@H](CN1CCOCC1)c1ccccc1)c1ccc(-n2cccn2)cc1. The highest BCUT2D eigenvalue weighted by Gasteiger charge is 2.20. The van der Waals surface area contributed by atoms with Crippen molar-refractivity contribution in [2.45, 2.75) is 6.04 Å². The van der Waals surface area contributed by atoms with E-state index >= 15 is 0 Å². The van der Waals surface area contributed by atoms with Gasteiger partial charge in [-0.05, 0) is 35.9 Å². The van der Waals surface area contributed by atoms with Crippen LogP contribution >= 0.6 is 0 Å². The van der Waals surface area contributed by atoms with Crippen LogP contribution in [-0.2, 0) is 4.74 Å². The maximum absolute atomic E-state index is 12.9. The van der Waals surface area contributed by atoms with Crippen molar-refractivity contribution in [1.82, 2.24) is 20.0 Å². The molecule has 1 saturated heterocycles. The fraction of sp³-hybridized carbons (Fsp3) is 0.273. The monoisotopic (exact) mass is 376 g/mol. The molecule has 6 heteroatoms. The number of aromatic nitrogens is 2. The number of nitrogens with zero attached hydrogens (tertiary/aromatic N) is 3. The summed E-state index contributed by atoms with van der Waals surface area (Å²) in [5.41, 5.74) is 2.67. The van der Waals surface area contributed by atoms with Gasteiger partial charge in [-0.2, -0.15) is 5.10 Å². The van der Waals surface area contributed by atoms with Crippen LogP contribution < -0.4 is 5.32 Å². The molecular formula is C22H24N4O2. The highest BCUT2D eigenvalue weighted by atomic mass is 16.5. The number of amides is 1. The summed E-state index contributed by atoms with van der Waals surface area (Å²) >= 11 is 0. The van der Waals surface area contributed by atoms with Gasteiger partial charge in [0.15, 0.2) is 0 Å². The molecule has 1 amide bonds. The Kier molecular flexibility index (Phi) is 5.80. The predicted octanol–water partition coefficient (Wildman–Crippen LogP) is 2.68. The second-order valence-corrected chi connectivity index (χ2v) is 6.85. The summed E-state index contributed by atoms with van der Waals surface area (Å²) < 4.78 is 7.21. The molecule has 0 aliphatic carbocycles. The first kappa shape index (κ1) is 18.4. The van der Waals surface area contributed by atoms with Gasteiger partial charge >= 0.3 is 0 Å². The molecule has 1 N–H and O–H groups in total. The molecule has 3 aromatic rings. The van der Waals surface area contributed by atoms with E-state index in [2.05, 4.69) is 27.4 Å². The average Bonchev–Trinajstić information content (AvgIpc) is 3.30. The molecule has 6 nitrogen and oxygen atoms in total. The molecule has 0 unspecified atom stereocenters. The highest BCUT2D eigenvalue weighted by molar-refractivity contribution is 5.94. The number of hydrogen-bond acceptors (Lipinski definition) is 4. The number of hydrogen-bond donors (Lipinski definition) is 1. The minimum Gasteiger partial charge on any atom is -0.379 e. The van der Waals surface area contributed by atoms with Gasteiger partial charge in [0, 0.05) is 37.6 Å². The topological polar surface area (TPSA) is 59.4 Å². The lowest BCUT2D eigenvalue weighted by molar-refractivity contribution is 0.0332. The van der Waals surface area contributed by atoms with Gasteiger partial charge in [-0.15, -0.1) is 0 Å². The fourth-order valence-electron chi connectivity index (χ4n) is 3.39. The van der Waals surface area contributed by atoms with E-state index in [9.17, 15) is 4.79 Å². The maximum atomic E-state index is 12.9. The summed E-state index contributed by atoms with van der Waals surface area (Å²) in [4.78, 5) is 15.2. The zero-order valence-electron chi connectivity index (χ0n) is 15.7. The molecule has 1 fully saturated rings. The van der Waals surface area contributed by atoms with Gasteiger partial charge in [-0.3, -0.25) is 9.69 Å². The van der Waals surface area contributed by atoms with Crippen LogP contribution in [0.2, 0.25) is 0 Å². The van der Waals surface area contributed by atoms with Gasteiger partial charge in [0.05, 0.1) is 24.9 Å². The zero-order chi connectivity index (χ0) is 19.2. The van der Waals surface area contributed by atoms with Crippen molar-refractivity contribution in [3.8, 4) is 5.69 Å². The number of rotatable bonds is 6. The summed E-state index contributed by atoms with van der Waals surface area (Å²) in [6.07, 6.45) is 3.61. The van der Waals surface area contributed by atoms with Gasteiger partial charge in [0.25, 0.3) is 5.91 Å². The molecule has 2 aromatic carbocycles. The van der Waals surface area contributed by atoms with Crippen molar-refractivity contribution in [3.63, 3.8) is 0 Å². The fourth-order valence-corrected chi connectivity index (χ4v) is 3.39. The van der Waals surface area contributed by atoms with Gasteiger partial charge < -0.3 is 10.1 Å². The molecule has 1 aliphatic rings. The number of ether oxygens (including phenoxy) is 1. The third-order valence-electron chi connectivity index (χ3n) is 4.95. The second kappa shape index (κ2) is 8.82. The second-order valence-electron chi connectivity index (χ2n) is 6.85. The molecule has 2 heterocycles. The van der Waals surface area contributed by atoms with E-state index in [1.807, 2.05) is 54.7 Å². The van der Waals surface area contributed by atoms with Gasteiger partial charge in [-0.25, -0.2) is 4.68 Å². The Morgan fingerprint density at radius 3 is 2.46 bits per heavy atom. The van der Waals surface area contributed by atoms with Gasteiger partial charge in [0.2, 0.25) is 0 Å². The Balaban J connectivity index is 1.48. The molecule has 28 heavy (non-hydrogen) atoms. The molecular weight excluding hydrogens is 352 g/mol. The quantitative estimate of drug-likeness (QED) is 0.719. The average molecular weight is 376 g/mol. The van der Waals surface area contributed by atoms with E-state index in [4.69, 9.17) is 4.74 Å². The highest BCUT2D eigenvalue weighted by Crippen LogP contribution is 2.17. The number of carbonyl (C=O) groups is 1. The Morgan fingerprint density at radius 2 is 1.79 bits per heavy atom. The number of nitrogens with one attached hydrogen (secondary N) is 1. The van der Waals surface area contributed by atoms with E-state index in [0.717, 1.165) is 44.1 Å². The van der Waals surface area contributed by atoms with Crippen LogP contribution in [0.25, 0.3) is 5.69 Å². The van der Waals surface area contributed by atoms with E-state index in [0.29, 0.717) is 5.56 Å². The smallest absolute Gasteiger partial charge is 0.251 e. The van der Waals surface area contributed by atoms with Crippen LogP contribution in [0, 0.1) is 0 Å². The van der Waals surface area contributed by atoms with Gasteiger partial charge in [-0.1, -0.05) is 30.3 Å². The van der Waals surface area contributed by atoms with Crippen LogP contribution in [0.4, 0.5) is 0 Å². The normalized spacial score (nSPS) is 15.9. The lowest BCUT2D eigenvalue weighted by atomic mass is 10.1. The molecule has 0 bridgehead atoms. The maximum Gasteiger partial charge on any atom is 0.251 e. The Hall–Kier alpha value is -2.96. The zero-order valence-corrected chi connectivity index (χ0v) is 15.7. The first-order chi connectivity index (χ1) is 13.8. The summed E-state index contributed by atoms with van der Waals surface area (Å²) in [6.45, 7) is 4.02. The van der Waals surface area contributed by atoms with Crippen molar-refractivity contribution in [2.75, 3.05) is 32.8 Å². The molecule has 0 spiro atoms. The van der Waals surface area contributed by atoms with Crippen LogP contribution in [0.1, 0.15) is 22.0 Å². The molecule has 4 rings (SSSR count). The third kappa shape index (κ3) is 4.47. The third-order valence-corrected chi connectivity index (χ3v) is 4.95. The van der Waals surface area contributed by atoms with E-state index in [1.54, 1.807) is 10.9 Å². The molecule has 1 aliphatic heterocycles. The van der Waals surface area contributed by atoms with Gasteiger partial charge in [0.1, 0.15) is 0 Å². The lowest BCUT2D eigenvalue weighted by Crippen LogP contribution is -2.43. The Labute approximate surface area is 164 Å². The number of benzene rings is 2. The summed E-state index contributed by atoms with van der Waals surface area (Å²) in [6, 6.07) is 19.4. The summed E-state index contributed by atoms with van der Waals surface area (Å²) in [5, 5.41) is 7.42. The van der Waals surface area contributed by atoms with Crippen molar-refractivity contribution in [3.05, 3.63) is 84.2 Å². The van der Waals surface area contributed by atoms with E-state index in [1.165, 1.54) is 0 Å². The van der Waals surface area contributed by atoms with E-state index < -0.39 is 0 Å². The lowest BCUT2D eigenvalue weighted by Gasteiger charge is -2.31. The Morgan fingerprint density at radius 1 is 1.04 bits per heavy atom. The molecule has 144 valence electrons. The molecule has 0 saturated carbocycles. The number of morpholine rings is 1. The first-order valence-corrected chi connectivity index (χ1v) is 9.55. The van der Waals surface area contributed by atoms with Crippen molar-refractivity contribution < 1.29 is 9.53 Å². The van der Waals surface area contributed by atoms with Crippen molar-refractivity contribution in [1.29, 1.82) is 0 Å². The van der Waals surface area contributed by atoms with Crippen LogP contribution in [0.5, 0.6) is 0 Å². The van der Waals surface area contributed by atoms with Crippen LogP contribution in [0.3, 0.4) is 0 Å². The van der Waals surface area contributed by atoms with Crippen molar-refractivity contribution in [2.24, 2.45) is 0 Å². The van der Waals surface area contributed by atoms with Crippen LogP contribution in [0.15, 0.2) is 73.1 Å². The first-order valence-electron chi connectivity index (χ1n) is 9.55. The molecule has 0 radical (unpaired) electrons. The minimum absolute atomic E-state index is 0.0717. The predicted molar refractivity (Wildman–Crippen MR) is 107 cm³/mol. The molecule has 1 atom stereocenters. The van der Waals surface area contributed by atoms with Crippen LogP contribution in [-0.4, -0.2) is 53.4 Å². The van der Waals surface area contributed by atoms with E-state index in [-0.39, 0.29) is 11.9 Å². The number of carbonyl (C=O) groups excluding carboxylic acids is 1. The standard InChI is InChI=1S/C22H24N4O2/c27-22(19-7-9-20(10-8-19)26-12-4-11-23-26)24-21(18-5-2-1-3-6-18)17-25-13-15-28-16-14-25/h1-12,21H,13-17H2,(H,24,27)/t21-/m0/s1. The molecule has 1 aromatic heterocycles. The Bertz CT molecular complexity index is 873. The summed E-state index contributed by atoms with van der Waals surface area (Å²) in [7, 11) is 0. The minimum atomic E-state index is -0.0749.